The van der Waals surface area contributed by atoms with E-state index in [1.807, 2.05) is 6.07 Å². The Kier molecular flexibility index (Phi) is 3.98. The largest absolute Gasteiger partial charge is 0.478 e. The van der Waals surface area contributed by atoms with Crippen molar-refractivity contribution in [1.82, 2.24) is 0 Å². The molecule has 1 heterocycles. The van der Waals surface area contributed by atoms with Gasteiger partial charge in [0.2, 0.25) is 0 Å². The van der Waals surface area contributed by atoms with Crippen molar-refractivity contribution in [2.24, 2.45) is 0 Å². The highest BCUT2D eigenvalue weighted by Gasteiger charge is 2.35. The molecule has 1 saturated heterocycles. The lowest BCUT2D eigenvalue weighted by Gasteiger charge is -2.45. The molecule has 0 spiro atoms. The van der Waals surface area contributed by atoms with E-state index in [1.54, 1.807) is 12.1 Å². The predicted octanol–water partition coefficient (Wildman–Crippen LogP) is 3.30. The third-order valence-electron chi connectivity index (χ3n) is 4.23. The topological polar surface area (TPSA) is 49.8 Å². The van der Waals surface area contributed by atoms with E-state index < -0.39 is 5.97 Å². The maximum atomic E-state index is 11.5. The van der Waals surface area contributed by atoms with Gasteiger partial charge < -0.3 is 14.7 Å². The second-order valence-electron chi connectivity index (χ2n) is 5.42. The highest BCUT2D eigenvalue weighted by atomic mass is 79.9. The third-order valence-corrected chi connectivity index (χ3v) is 4.73. The van der Waals surface area contributed by atoms with Crippen LogP contribution in [0.25, 0.3) is 0 Å². The standard InChI is InChI=1S/C15H18BrNO3/c16-10-5-6-11(15(18)19)13(9-10)17-7-8-20-14-4-2-1-3-12(14)17/h5-6,9,12,14H,1-4,7-8H2,(H,18,19). The van der Waals surface area contributed by atoms with Gasteiger partial charge in [0.1, 0.15) is 0 Å². The summed E-state index contributed by atoms with van der Waals surface area (Å²) in [5.41, 5.74) is 1.19. The van der Waals surface area contributed by atoms with E-state index in [2.05, 4.69) is 20.8 Å². The molecule has 3 rings (SSSR count). The Morgan fingerprint density at radius 3 is 2.95 bits per heavy atom. The summed E-state index contributed by atoms with van der Waals surface area (Å²) in [6.45, 7) is 1.44. The second-order valence-corrected chi connectivity index (χ2v) is 6.34. The number of carboxylic acids is 1. The Labute approximate surface area is 126 Å². The Morgan fingerprint density at radius 1 is 1.35 bits per heavy atom. The van der Waals surface area contributed by atoms with Gasteiger partial charge in [-0.15, -0.1) is 0 Å². The number of morpholine rings is 1. The minimum atomic E-state index is -0.869. The summed E-state index contributed by atoms with van der Waals surface area (Å²) in [7, 11) is 0. The molecule has 5 heteroatoms. The number of hydrogen-bond acceptors (Lipinski definition) is 3. The van der Waals surface area contributed by atoms with Crippen LogP contribution in [0, 0.1) is 0 Å². The molecule has 0 amide bonds. The highest BCUT2D eigenvalue weighted by molar-refractivity contribution is 9.10. The van der Waals surface area contributed by atoms with Crippen molar-refractivity contribution in [3.63, 3.8) is 0 Å². The van der Waals surface area contributed by atoms with Crippen LogP contribution < -0.4 is 4.90 Å². The van der Waals surface area contributed by atoms with Crippen molar-refractivity contribution in [3.05, 3.63) is 28.2 Å². The number of nitrogens with zero attached hydrogens (tertiary/aromatic N) is 1. The Bertz CT molecular complexity index is 518. The van der Waals surface area contributed by atoms with E-state index in [1.165, 1.54) is 12.8 Å². The third kappa shape index (κ3) is 2.56. The number of hydrogen-bond donors (Lipinski definition) is 1. The molecule has 1 aliphatic carbocycles. The summed E-state index contributed by atoms with van der Waals surface area (Å²) < 4.78 is 6.78. The van der Waals surface area contributed by atoms with Crippen molar-refractivity contribution in [1.29, 1.82) is 0 Å². The van der Waals surface area contributed by atoms with Gasteiger partial charge in [-0.1, -0.05) is 28.8 Å². The summed E-state index contributed by atoms with van der Waals surface area (Å²) in [5, 5.41) is 9.41. The van der Waals surface area contributed by atoms with Crippen molar-refractivity contribution < 1.29 is 14.6 Å². The molecule has 0 radical (unpaired) electrons. The molecule has 2 fully saturated rings. The highest BCUT2D eigenvalue weighted by Crippen LogP contribution is 2.35. The predicted molar refractivity (Wildman–Crippen MR) is 80.4 cm³/mol. The van der Waals surface area contributed by atoms with Crippen LogP contribution in [-0.4, -0.2) is 36.4 Å². The van der Waals surface area contributed by atoms with Crippen LogP contribution in [-0.2, 0) is 4.74 Å². The molecule has 20 heavy (non-hydrogen) atoms. The van der Waals surface area contributed by atoms with E-state index >= 15 is 0 Å². The molecule has 1 aromatic carbocycles. The summed E-state index contributed by atoms with van der Waals surface area (Å²) in [4.78, 5) is 13.7. The smallest absolute Gasteiger partial charge is 0.337 e. The first-order chi connectivity index (χ1) is 9.66. The fraction of sp³-hybridized carbons (Fsp3) is 0.533. The number of fused-ring (bicyclic) bond motifs is 1. The van der Waals surface area contributed by atoms with E-state index in [-0.39, 0.29) is 6.10 Å². The van der Waals surface area contributed by atoms with Gasteiger partial charge in [0.25, 0.3) is 0 Å². The Morgan fingerprint density at radius 2 is 2.15 bits per heavy atom. The van der Waals surface area contributed by atoms with Gasteiger partial charge in [0.05, 0.1) is 30.0 Å². The van der Waals surface area contributed by atoms with E-state index in [9.17, 15) is 9.90 Å². The molecular formula is C15H18BrNO3. The maximum absolute atomic E-state index is 11.5. The van der Waals surface area contributed by atoms with Gasteiger partial charge in [-0.2, -0.15) is 0 Å². The van der Waals surface area contributed by atoms with Crippen LogP contribution in [0.2, 0.25) is 0 Å². The van der Waals surface area contributed by atoms with E-state index in [4.69, 9.17) is 4.74 Å². The first kappa shape index (κ1) is 13.9. The lowest BCUT2D eigenvalue weighted by atomic mass is 9.89. The number of carboxylic acid groups (broad SMARTS) is 1. The second kappa shape index (κ2) is 5.74. The molecule has 1 aromatic rings. The van der Waals surface area contributed by atoms with Crippen molar-refractivity contribution in [2.45, 2.75) is 37.8 Å². The van der Waals surface area contributed by atoms with Gasteiger partial charge in [0.15, 0.2) is 0 Å². The first-order valence-electron chi connectivity index (χ1n) is 7.08. The number of aromatic carboxylic acids is 1. The van der Waals surface area contributed by atoms with Gasteiger partial charge in [-0.25, -0.2) is 4.79 Å². The number of anilines is 1. The van der Waals surface area contributed by atoms with Crippen molar-refractivity contribution in [3.8, 4) is 0 Å². The fourth-order valence-electron chi connectivity index (χ4n) is 3.32. The first-order valence-corrected chi connectivity index (χ1v) is 7.87. The SMILES string of the molecule is O=C(O)c1ccc(Br)cc1N1CCOC2CCCCC21. The lowest BCUT2D eigenvalue weighted by molar-refractivity contribution is -0.00878. The van der Waals surface area contributed by atoms with Crippen LogP contribution in [0.5, 0.6) is 0 Å². The number of ether oxygens (including phenoxy) is 1. The zero-order valence-electron chi connectivity index (χ0n) is 11.2. The zero-order valence-corrected chi connectivity index (χ0v) is 12.8. The van der Waals surface area contributed by atoms with E-state index in [0.717, 1.165) is 29.5 Å². The summed E-state index contributed by atoms with van der Waals surface area (Å²) in [6, 6.07) is 5.69. The molecule has 4 nitrogen and oxygen atoms in total. The number of rotatable bonds is 2. The quantitative estimate of drug-likeness (QED) is 0.898. The van der Waals surface area contributed by atoms with Crippen LogP contribution in [0.3, 0.4) is 0 Å². The molecule has 108 valence electrons. The maximum Gasteiger partial charge on any atom is 0.337 e. The number of halogens is 1. The molecule has 0 aromatic heterocycles. The van der Waals surface area contributed by atoms with Crippen LogP contribution in [0.4, 0.5) is 5.69 Å². The summed E-state index contributed by atoms with van der Waals surface area (Å²) >= 11 is 3.45. The van der Waals surface area contributed by atoms with Gasteiger partial charge in [-0.3, -0.25) is 0 Å². The molecule has 0 bridgehead atoms. The Balaban J connectivity index is 1.98. The number of benzene rings is 1. The van der Waals surface area contributed by atoms with Gasteiger partial charge >= 0.3 is 5.97 Å². The molecule has 2 unspecified atom stereocenters. The molecule has 1 saturated carbocycles. The molecule has 2 aliphatic rings. The molecule has 2 atom stereocenters. The van der Waals surface area contributed by atoms with Gasteiger partial charge in [0, 0.05) is 11.0 Å². The van der Waals surface area contributed by atoms with Crippen LogP contribution >= 0.6 is 15.9 Å². The number of carbonyl (C=O) groups is 1. The Hall–Kier alpha value is -1.07. The monoisotopic (exact) mass is 339 g/mol. The average Bonchev–Trinajstić information content (AvgIpc) is 2.46. The molecule has 1 aliphatic heterocycles. The fourth-order valence-corrected chi connectivity index (χ4v) is 3.67. The van der Waals surface area contributed by atoms with Crippen LogP contribution in [0.15, 0.2) is 22.7 Å². The summed E-state index contributed by atoms with van der Waals surface area (Å²) in [5.74, 6) is -0.869. The normalized spacial score (nSPS) is 26.1. The van der Waals surface area contributed by atoms with Crippen molar-refractivity contribution >= 4 is 27.6 Å². The minimum absolute atomic E-state index is 0.248. The van der Waals surface area contributed by atoms with Crippen molar-refractivity contribution in [2.75, 3.05) is 18.1 Å². The zero-order chi connectivity index (χ0) is 14.1. The van der Waals surface area contributed by atoms with E-state index in [0.29, 0.717) is 18.2 Å². The lowest BCUT2D eigenvalue weighted by Crippen LogP contribution is -2.53. The van der Waals surface area contributed by atoms with Crippen LogP contribution in [0.1, 0.15) is 36.0 Å². The molecular weight excluding hydrogens is 322 g/mol. The van der Waals surface area contributed by atoms with Gasteiger partial charge in [-0.05, 0) is 31.0 Å². The minimum Gasteiger partial charge on any atom is -0.478 e. The molecule has 1 N–H and O–H groups in total. The summed E-state index contributed by atoms with van der Waals surface area (Å²) in [6.07, 6.45) is 4.81. The average molecular weight is 340 g/mol.